The highest BCUT2D eigenvalue weighted by atomic mass is 16.6. The van der Waals surface area contributed by atoms with Crippen molar-refractivity contribution in [3.63, 3.8) is 0 Å². The van der Waals surface area contributed by atoms with Gasteiger partial charge in [0.15, 0.2) is 0 Å². The molecule has 0 radical (unpaired) electrons. The van der Waals surface area contributed by atoms with Crippen LogP contribution in [0.5, 0.6) is 0 Å². The highest BCUT2D eigenvalue weighted by molar-refractivity contribution is 5.82. The lowest BCUT2D eigenvalue weighted by atomic mass is 9.95. The van der Waals surface area contributed by atoms with E-state index in [1.165, 1.54) is 0 Å². The second kappa shape index (κ2) is 4.41. The largest absolute Gasteiger partial charge is 0.481 e. The van der Waals surface area contributed by atoms with Crippen molar-refractivity contribution >= 4 is 11.9 Å². The van der Waals surface area contributed by atoms with E-state index in [-0.39, 0.29) is 0 Å². The molecule has 1 fully saturated rings. The summed E-state index contributed by atoms with van der Waals surface area (Å²) in [7, 11) is 0. The Hall–Kier alpha value is -1.10. The first-order valence-corrected chi connectivity index (χ1v) is 5.36. The minimum Gasteiger partial charge on any atom is -0.481 e. The van der Waals surface area contributed by atoms with Crippen molar-refractivity contribution in [2.45, 2.75) is 45.3 Å². The van der Waals surface area contributed by atoms with E-state index in [1.54, 1.807) is 20.8 Å². The summed E-state index contributed by atoms with van der Waals surface area (Å²) < 4.78 is 5.14. The van der Waals surface area contributed by atoms with Gasteiger partial charge in [-0.15, -0.1) is 0 Å². The molecule has 2 N–H and O–H groups in total. The Balaban J connectivity index is 2.73. The number of hydrogen-bond donors (Lipinski definition) is 2. The van der Waals surface area contributed by atoms with Crippen LogP contribution in [0.1, 0.15) is 33.6 Å². The number of aliphatic carboxylic acids is 1. The zero-order valence-corrected chi connectivity index (χ0v) is 9.77. The lowest BCUT2D eigenvalue weighted by Crippen LogP contribution is -2.36. The molecule has 0 spiro atoms. The molecule has 16 heavy (non-hydrogen) atoms. The maximum Gasteiger partial charge on any atom is 0.310 e. The SMILES string of the molecule is CC(C)(C)OC(=O)C1CC[C@H](O)[C@H]1C(=O)O. The number of aliphatic hydroxyl groups is 1. The van der Waals surface area contributed by atoms with E-state index in [0.717, 1.165) is 0 Å². The number of carboxylic acids is 1. The van der Waals surface area contributed by atoms with E-state index in [1.807, 2.05) is 0 Å². The van der Waals surface area contributed by atoms with Crippen LogP contribution in [0.25, 0.3) is 0 Å². The molecule has 0 saturated heterocycles. The molecule has 0 aromatic heterocycles. The van der Waals surface area contributed by atoms with Gasteiger partial charge in [0.2, 0.25) is 0 Å². The van der Waals surface area contributed by atoms with E-state index in [0.29, 0.717) is 12.8 Å². The quantitative estimate of drug-likeness (QED) is 0.685. The van der Waals surface area contributed by atoms with Gasteiger partial charge in [-0.2, -0.15) is 0 Å². The number of hydrogen-bond acceptors (Lipinski definition) is 4. The monoisotopic (exact) mass is 230 g/mol. The van der Waals surface area contributed by atoms with Gasteiger partial charge in [0.05, 0.1) is 17.9 Å². The number of carboxylic acid groups (broad SMARTS) is 1. The van der Waals surface area contributed by atoms with Crippen molar-refractivity contribution in [3.05, 3.63) is 0 Å². The van der Waals surface area contributed by atoms with Crippen molar-refractivity contribution in [1.82, 2.24) is 0 Å². The third-order valence-corrected chi connectivity index (χ3v) is 2.62. The topological polar surface area (TPSA) is 83.8 Å². The molecule has 3 atom stereocenters. The summed E-state index contributed by atoms with van der Waals surface area (Å²) in [6.07, 6.45) is -0.247. The number of aliphatic hydroxyl groups excluding tert-OH is 1. The van der Waals surface area contributed by atoms with Crippen LogP contribution in [0, 0.1) is 11.8 Å². The summed E-state index contributed by atoms with van der Waals surface area (Å²) in [5.41, 5.74) is -0.631. The lowest BCUT2D eigenvalue weighted by Gasteiger charge is -2.24. The summed E-state index contributed by atoms with van der Waals surface area (Å²) in [6.45, 7) is 5.18. The molecule has 0 aliphatic heterocycles. The molecular formula is C11H18O5. The summed E-state index contributed by atoms with van der Waals surface area (Å²) in [5, 5.41) is 18.4. The number of esters is 1. The standard InChI is InChI=1S/C11H18O5/c1-11(2,3)16-10(15)6-4-5-7(12)8(6)9(13)14/h6-8,12H,4-5H2,1-3H3,(H,13,14)/t6?,7-,8-/m0/s1. The van der Waals surface area contributed by atoms with Gasteiger partial charge in [0, 0.05) is 0 Å². The maximum atomic E-state index is 11.7. The number of carbonyl (C=O) groups is 2. The molecule has 5 nitrogen and oxygen atoms in total. The fourth-order valence-corrected chi connectivity index (χ4v) is 1.96. The van der Waals surface area contributed by atoms with E-state index < -0.39 is 35.5 Å². The number of carbonyl (C=O) groups excluding carboxylic acids is 1. The average molecular weight is 230 g/mol. The Morgan fingerprint density at radius 3 is 2.25 bits per heavy atom. The van der Waals surface area contributed by atoms with Crippen LogP contribution in [0.2, 0.25) is 0 Å². The van der Waals surface area contributed by atoms with Crippen LogP contribution in [0.4, 0.5) is 0 Å². The van der Waals surface area contributed by atoms with Crippen molar-refractivity contribution in [3.8, 4) is 0 Å². The smallest absolute Gasteiger partial charge is 0.310 e. The van der Waals surface area contributed by atoms with Gasteiger partial charge in [-0.3, -0.25) is 9.59 Å². The first-order chi connectivity index (χ1) is 7.22. The van der Waals surface area contributed by atoms with Crippen LogP contribution in [-0.4, -0.2) is 33.9 Å². The molecule has 1 aliphatic carbocycles. The second-order valence-electron chi connectivity index (χ2n) is 5.15. The Morgan fingerprint density at radius 2 is 1.81 bits per heavy atom. The van der Waals surface area contributed by atoms with Crippen LogP contribution in [-0.2, 0) is 14.3 Å². The van der Waals surface area contributed by atoms with E-state index >= 15 is 0 Å². The summed E-state index contributed by atoms with van der Waals surface area (Å²) in [4.78, 5) is 22.6. The van der Waals surface area contributed by atoms with E-state index in [4.69, 9.17) is 9.84 Å². The normalized spacial score (nSPS) is 30.1. The van der Waals surface area contributed by atoms with Gasteiger partial charge in [-0.25, -0.2) is 0 Å². The van der Waals surface area contributed by atoms with E-state index in [9.17, 15) is 14.7 Å². The first kappa shape index (κ1) is 13.0. The first-order valence-electron chi connectivity index (χ1n) is 5.36. The molecule has 0 heterocycles. The zero-order chi connectivity index (χ0) is 12.5. The van der Waals surface area contributed by atoms with Crippen molar-refractivity contribution in [1.29, 1.82) is 0 Å². The predicted octanol–water partition coefficient (Wildman–Crippen LogP) is 0.800. The number of ether oxygens (including phenoxy) is 1. The van der Waals surface area contributed by atoms with Crippen molar-refractivity contribution in [2.24, 2.45) is 11.8 Å². The molecular weight excluding hydrogens is 212 g/mol. The van der Waals surface area contributed by atoms with Crippen LogP contribution < -0.4 is 0 Å². The fourth-order valence-electron chi connectivity index (χ4n) is 1.96. The Bertz CT molecular complexity index is 291. The van der Waals surface area contributed by atoms with Gasteiger partial charge in [-0.1, -0.05) is 0 Å². The maximum absolute atomic E-state index is 11.7. The van der Waals surface area contributed by atoms with E-state index in [2.05, 4.69) is 0 Å². The predicted molar refractivity (Wildman–Crippen MR) is 55.7 cm³/mol. The number of rotatable bonds is 2. The molecule has 5 heteroatoms. The third-order valence-electron chi connectivity index (χ3n) is 2.62. The van der Waals surface area contributed by atoms with Crippen molar-refractivity contribution < 1.29 is 24.5 Å². The highest BCUT2D eigenvalue weighted by Crippen LogP contribution is 2.34. The molecule has 0 aromatic rings. The molecule has 1 saturated carbocycles. The Morgan fingerprint density at radius 1 is 1.25 bits per heavy atom. The molecule has 1 aliphatic rings. The third kappa shape index (κ3) is 2.95. The molecule has 0 bridgehead atoms. The van der Waals surface area contributed by atoms with Crippen LogP contribution in [0.3, 0.4) is 0 Å². The van der Waals surface area contributed by atoms with Gasteiger partial charge in [0.1, 0.15) is 5.60 Å². The minimum absolute atomic E-state index is 0.334. The molecule has 1 rings (SSSR count). The summed E-state index contributed by atoms with van der Waals surface area (Å²) in [5.74, 6) is -3.43. The molecule has 1 unspecified atom stereocenters. The minimum atomic E-state index is -1.14. The van der Waals surface area contributed by atoms with Crippen LogP contribution in [0.15, 0.2) is 0 Å². The second-order valence-corrected chi connectivity index (χ2v) is 5.15. The molecule has 0 aromatic carbocycles. The fraction of sp³-hybridized carbons (Fsp3) is 0.818. The average Bonchev–Trinajstić information content (AvgIpc) is 2.43. The van der Waals surface area contributed by atoms with Gasteiger partial charge in [0.25, 0.3) is 0 Å². The lowest BCUT2D eigenvalue weighted by molar-refractivity contribution is -0.167. The van der Waals surface area contributed by atoms with Crippen LogP contribution >= 0.6 is 0 Å². The van der Waals surface area contributed by atoms with Gasteiger partial charge < -0.3 is 14.9 Å². The molecule has 0 amide bonds. The van der Waals surface area contributed by atoms with Gasteiger partial charge in [-0.05, 0) is 33.6 Å². The highest BCUT2D eigenvalue weighted by Gasteiger charge is 2.45. The van der Waals surface area contributed by atoms with Gasteiger partial charge >= 0.3 is 11.9 Å². The Kier molecular flexibility index (Phi) is 3.57. The summed E-state index contributed by atoms with van der Waals surface area (Å²) in [6, 6.07) is 0. The Labute approximate surface area is 94.4 Å². The zero-order valence-electron chi connectivity index (χ0n) is 9.77. The molecule has 92 valence electrons. The summed E-state index contributed by atoms with van der Waals surface area (Å²) >= 11 is 0. The van der Waals surface area contributed by atoms with Crippen molar-refractivity contribution in [2.75, 3.05) is 0 Å².